The number of ether oxygens (including phenoxy) is 1. The fourth-order valence-electron chi connectivity index (χ4n) is 2.30. The Morgan fingerprint density at radius 2 is 2.00 bits per heavy atom. The zero-order valence-electron chi connectivity index (χ0n) is 13.2. The van der Waals surface area contributed by atoms with Gasteiger partial charge in [-0.15, -0.1) is 0 Å². The van der Waals surface area contributed by atoms with Crippen molar-refractivity contribution in [2.45, 2.75) is 13.0 Å². The average Bonchev–Trinajstić information content (AvgIpc) is 3.08. The maximum absolute atomic E-state index is 11.6. The van der Waals surface area contributed by atoms with Crippen LogP contribution < -0.4 is 5.32 Å². The number of rotatable bonds is 4. The molecular formula is C20H18N2O2. The third kappa shape index (κ3) is 4.40. The van der Waals surface area contributed by atoms with E-state index in [4.69, 9.17) is 4.74 Å². The normalized spacial score (nSPS) is 10.0. The lowest BCUT2D eigenvalue weighted by Gasteiger charge is -2.05. The molecule has 2 N–H and O–H groups in total. The molecule has 1 aromatic heterocycles. The molecule has 0 aliphatic carbocycles. The quantitative estimate of drug-likeness (QED) is 0.567. The number of benzene rings is 2. The van der Waals surface area contributed by atoms with Gasteiger partial charge in [-0.2, -0.15) is 0 Å². The Morgan fingerprint density at radius 1 is 1.12 bits per heavy atom. The van der Waals surface area contributed by atoms with Crippen LogP contribution in [0.1, 0.15) is 17.5 Å². The summed E-state index contributed by atoms with van der Waals surface area (Å²) in [5.74, 6) is 6.16. The van der Waals surface area contributed by atoms with Gasteiger partial charge in [-0.25, -0.2) is 4.79 Å². The molecule has 0 fully saturated rings. The van der Waals surface area contributed by atoms with Crippen LogP contribution in [0.15, 0.2) is 60.8 Å². The molecule has 0 radical (unpaired) electrons. The number of aromatic nitrogens is 1. The summed E-state index contributed by atoms with van der Waals surface area (Å²) in [4.78, 5) is 14.7. The van der Waals surface area contributed by atoms with Crippen LogP contribution in [0.3, 0.4) is 0 Å². The minimum absolute atomic E-state index is 0.273. The Hall–Kier alpha value is -3.19. The maximum atomic E-state index is 11.6. The first-order valence-electron chi connectivity index (χ1n) is 7.82. The summed E-state index contributed by atoms with van der Waals surface area (Å²) < 4.78 is 5.13. The van der Waals surface area contributed by atoms with Crippen LogP contribution in [0.4, 0.5) is 4.79 Å². The fourth-order valence-corrected chi connectivity index (χ4v) is 2.30. The highest BCUT2D eigenvalue weighted by Gasteiger charge is 2.00. The number of alkyl carbamates (subject to hydrolysis) is 1. The van der Waals surface area contributed by atoms with Crippen molar-refractivity contribution < 1.29 is 9.53 Å². The van der Waals surface area contributed by atoms with Crippen molar-refractivity contribution in [2.75, 3.05) is 6.54 Å². The lowest BCUT2D eigenvalue weighted by molar-refractivity contribution is 0.140. The monoisotopic (exact) mass is 318 g/mol. The van der Waals surface area contributed by atoms with Gasteiger partial charge in [0.15, 0.2) is 0 Å². The van der Waals surface area contributed by atoms with Gasteiger partial charge in [-0.3, -0.25) is 0 Å². The Balaban J connectivity index is 1.39. The SMILES string of the molecule is O=C(NCCC#Cc1ccc2[nH]ccc2c1)OCc1ccccc1. The van der Waals surface area contributed by atoms with Crippen molar-refractivity contribution in [3.63, 3.8) is 0 Å². The third-order valence-electron chi connectivity index (χ3n) is 3.52. The van der Waals surface area contributed by atoms with E-state index in [0.717, 1.165) is 22.0 Å². The molecule has 0 unspecified atom stereocenters. The predicted molar refractivity (Wildman–Crippen MR) is 94.4 cm³/mol. The summed E-state index contributed by atoms with van der Waals surface area (Å²) in [6.07, 6.45) is 2.06. The molecule has 0 spiro atoms. The molecule has 1 amide bonds. The minimum atomic E-state index is -0.422. The molecule has 3 rings (SSSR count). The van der Waals surface area contributed by atoms with Crippen molar-refractivity contribution in [2.24, 2.45) is 0 Å². The molecule has 0 aliphatic heterocycles. The minimum Gasteiger partial charge on any atom is -0.445 e. The highest BCUT2D eigenvalue weighted by molar-refractivity contribution is 5.80. The summed E-state index contributed by atoms with van der Waals surface area (Å²) >= 11 is 0. The van der Waals surface area contributed by atoms with Crippen LogP contribution >= 0.6 is 0 Å². The van der Waals surface area contributed by atoms with Gasteiger partial charge in [0.05, 0.1) is 0 Å². The molecule has 0 aliphatic rings. The van der Waals surface area contributed by atoms with Crippen molar-refractivity contribution in [1.29, 1.82) is 0 Å². The van der Waals surface area contributed by atoms with Crippen LogP contribution in [0, 0.1) is 11.8 Å². The first kappa shape index (κ1) is 15.7. The molecule has 0 bridgehead atoms. The topological polar surface area (TPSA) is 54.1 Å². The summed E-state index contributed by atoms with van der Waals surface area (Å²) in [6, 6.07) is 17.6. The molecule has 0 saturated carbocycles. The van der Waals surface area contributed by atoms with E-state index in [2.05, 4.69) is 22.1 Å². The second-order valence-electron chi connectivity index (χ2n) is 5.32. The van der Waals surface area contributed by atoms with Crippen molar-refractivity contribution >= 4 is 17.0 Å². The van der Waals surface area contributed by atoms with Crippen LogP contribution in [0.25, 0.3) is 10.9 Å². The molecule has 0 atom stereocenters. The van der Waals surface area contributed by atoms with Gasteiger partial charge in [0.2, 0.25) is 0 Å². The number of aromatic amines is 1. The standard InChI is InChI=1S/C20H18N2O2/c23-20(24-15-17-7-2-1-3-8-17)22-12-5-4-6-16-9-10-19-18(14-16)11-13-21-19/h1-3,7-11,13-14,21H,5,12,15H2,(H,22,23). The third-order valence-corrected chi connectivity index (χ3v) is 3.52. The Kier molecular flexibility index (Phi) is 5.16. The molecule has 2 aromatic carbocycles. The van der Waals surface area contributed by atoms with E-state index < -0.39 is 6.09 Å². The molecule has 1 heterocycles. The molecule has 120 valence electrons. The first-order chi connectivity index (χ1) is 11.8. The highest BCUT2D eigenvalue weighted by Crippen LogP contribution is 2.13. The average molecular weight is 318 g/mol. The van der Waals surface area contributed by atoms with Gasteiger partial charge in [0.1, 0.15) is 6.61 Å². The zero-order valence-corrected chi connectivity index (χ0v) is 13.2. The highest BCUT2D eigenvalue weighted by atomic mass is 16.5. The molecule has 0 saturated heterocycles. The molecule has 3 aromatic rings. The number of nitrogens with one attached hydrogen (secondary N) is 2. The Bertz CT molecular complexity index is 873. The van der Waals surface area contributed by atoms with Gasteiger partial charge in [0, 0.05) is 35.6 Å². The van der Waals surface area contributed by atoms with Crippen LogP contribution in [-0.4, -0.2) is 17.6 Å². The number of H-pyrrole nitrogens is 1. The fraction of sp³-hybridized carbons (Fsp3) is 0.150. The zero-order chi connectivity index (χ0) is 16.6. The van der Waals surface area contributed by atoms with E-state index in [1.54, 1.807) is 0 Å². The summed E-state index contributed by atoms with van der Waals surface area (Å²) in [5, 5.41) is 3.84. The molecule has 4 nitrogen and oxygen atoms in total. The van der Waals surface area contributed by atoms with E-state index >= 15 is 0 Å². The number of hydrogen-bond acceptors (Lipinski definition) is 2. The van der Waals surface area contributed by atoms with E-state index in [0.29, 0.717) is 13.0 Å². The Labute approximate surface area is 140 Å². The van der Waals surface area contributed by atoms with Gasteiger partial charge in [0.25, 0.3) is 0 Å². The number of hydrogen-bond donors (Lipinski definition) is 2. The van der Waals surface area contributed by atoms with Gasteiger partial charge >= 0.3 is 6.09 Å². The molecule has 4 heteroatoms. The Morgan fingerprint density at radius 3 is 2.88 bits per heavy atom. The van der Waals surface area contributed by atoms with Crippen LogP contribution in [0.5, 0.6) is 0 Å². The van der Waals surface area contributed by atoms with E-state index in [1.165, 1.54) is 0 Å². The second kappa shape index (κ2) is 7.89. The van der Waals surface area contributed by atoms with Crippen molar-refractivity contribution in [1.82, 2.24) is 10.3 Å². The number of fused-ring (bicyclic) bond motifs is 1. The largest absolute Gasteiger partial charge is 0.445 e. The van der Waals surface area contributed by atoms with Gasteiger partial charge in [-0.1, -0.05) is 42.2 Å². The van der Waals surface area contributed by atoms with Crippen molar-refractivity contribution in [3.8, 4) is 11.8 Å². The lowest BCUT2D eigenvalue weighted by Crippen LogP contribution is -2.24. The first-order valence-corrected chi connectivity index (χ1v) is 7.82. The predicted octanol–water partition coefficient (Wildman–Crippen LogP) is 3.84. The summed E-state index contributed by atoms with van der Waals surface area (Å²) in [6.45, 7) is 0.738. The number of carbonyl (C=O) groups excluding carboxylic acids is 1. The van der Waals surface area contributed by atoms with Gasteiger partial charge < -0.3 is 15.0 Å². The van der Waals surface area contributed by atoms with Crippen molar-refractivity contribution in [3.05, 3.63) is 71.9 Å². The van der Waals surface area contributed by atoms with Crippen LogP contribution in [-0.2, 0) is 11.3 Å². The lowest BCUT2D eigenvalue weighted by atomic mass is 10.1. The second-order valence-corrected chi connectivity index (χ2v) is 5.32. The smallest absolute Gasteiger partial charge is 0.407 e. The summed E-state index contributed by atoms with van der Waals surface area (Å²) in [7, 11) is 0. The van der Waals surface area contributed by atoms with E-state index in [1.807, 2.05) is 60.8 Å². The van der Waals surface area contributed by atoms with E-state index in [9.17, 15) is 4.79 Å². The van der Waals surface area contributed by atoms with Crippen LogP contribution in [0.2, 0.25) is 0 Å². The molecular weight excluding hydrogens is 300 g/mol. The summed E-state index contributed by atoms with van der Waals surface area (Å²) in [5.41, 5.74) is 3.03. The number of amides is 1. The van der Waals surface area contributed by atoms with Gasteiger partial charge in [-0.05, 0) is 29.8 Å². The number of carbonyl (C=O) groups is 1. The maximum Gasteiger partial charge on any atom is 0.407 e. The molecule has 24 heavy (non-hydrogen) atoms. The van der Waals surface area contributed by atoms with E-state index in [-0.39, 0.29) is 6.61 Å².